The van der Waals surface area contributed by atoms with Gasteiger partial charge in [0.1, 0.15) is 0 Å². The molecule has 1 atom stereocenters. The summed E-state index contributed by atoms with van der Waals surface area (Å²) < 4.78 is 49.5. The smallest absolute Gasteiger partial charge is 0.458 e. The van der Waals surface area contributed by atoms with Gasteiger partial charge in [0.15, 0.2) is 0 Å². The number of hydrogen-bond acceptors (Lipinski definition) is 2. The van der Waals surface area contributed by atoms with Gasteiger partial charge in [-0.25, -0.2) is 0 Å². The minimum atomic E-state index is -5.08. The maximum absolute atomic E-state index is 10.6. The number of hydrogen-bond donors (Lipinski definition) is 0. The van der Waals surface area contributed by atoms with Crippen LogP contribution in [0.5, 0.6) is 0 Å². The van der Waals surface area contributed by atoms with Crippen molar-refractivity contribution in [2.45, 2.75) is 19.4 Å². The van der Waals surface area contributed by atoms with E-state index < -0.39 is 16.6 Å². The Bertz CT molecular complexity index is 89.5. The quantitative estimate of drug-likeness (QED) is 0.506. The zero-order valence-electron chi connectivity index (χ0n) is 4.86. The van der Waals surface area contributed by atoms with Crippen molar-refractivity contribution < 1.29 is 21.9 Å². The molecular weight excluding hydrogens is 157 g/mol. The second-order valence-electron chi connectivity index (χ2n) is 0.680. The highest BCUT2D eigenvalue weighted by Gasteiger charge is 2.28. The van der Waals surface area contributed by atoms with Crippen LogP contribution in [-0.4, -0.2) is 14.3 Å². The summed E-state index contributed by atoms with van der Waals surface area (Å²) >= 11 is -3.93. The summed E-state index contributed by atoms with van der Waals surface area (Å²) in [6.07, 6.45) is 0. The fraction of sp³-hybridized carbons (Fsp3) is 1.00. The zero-order chi connectivity index (χ0) is 8.08. The van der Waals surface area contributed by atoms with Gasteiger partial charge >= 0.3 is 5.51 Å². The second-order valence-corrected chi connectivity index (χ2v) is 1.61. The Balaban J connectivity index is 0. The molecule has 0 fully saturated rings. The average molecular weight is 163 g/mol. The molecular formula is C3H6F3O2S-. The van der Waals surface area contributed by atoms with Crippen LogP contribution in [0.3, 0.4) is 0 Å². The van der Waals surface area contributed by atoms with E-state index in [0.29, 0.717) is 0 Å². The summed E-state index contributed by atoms with van der Waals surface area (Å²) in [6.45, 7) is 4.00. The summed E-state index contributed by atoms with van der Waals surface area (Å²) in [5, 5.41) is 0. The van der Waals surface area contributed by atoms with Crippen molar-refractivity contribution >= 4 is 11.1 Å². The Labute approximate surface area is 53.3 Å². The predicted molar refractivity (Wildman–Crippen MR) is 26.3 cm³/mol. The molecule has 58 valence electrons. The van der Waals surface area contributed by atoms with Gasteiger partial charge in [0.25, 0.3) is 0 Å². The van der Waals surface area contributed by atoms with Gasteiger partial charge in [-0.3, -0.25) is 4.21 Å². The Morgan fingerprint density at radius 2 is 1.44 bits per heavy atom. The normalized spacial score (nSPS) is 13.6. The lowest BCUT2D eigenvalue weighted by molar-refractivity contribution is -0.0452. The monoisotopic (exact) mass is 163 g/mol. The van der Waals surface area contributed by atoms with Crippen LogP contribution in [0.2, 0.25) is 0 Å². The summed E-state index contributed by atoms with van der Waals surface area (Å²) in [5.41, 5.74) is -5.08. The van der Waals surface area contributed by atoms with E-state index in [1.807, 2.05) is 13.8 Å². The summed E-state index contributed by atoms with van der Waals surface area (Å²) in [7, 11) is 0. The molecule has 9 heavy (non-hydrogen) atoms. The van der Waals surface area contributed by atoms with E-state index in [1.54, 1.807) is 0 Å². The van der Waals surface area contributed by atoms with Gasteiger partial charge in [-0.15, -0.1) is 0 Å². The number of halogens is 3. The second kappa shape index (κ2) is 4.75. The van der Waals surface area contributed by atoms with Gasteiger partial charge < -0.3 is 4.55 Å². The molecule has 6 heteroatoms. The van der Waals surface area contributed by atoms with E-state index >= 15 is 0 Å². The van der Waals surface area contributed by atoms with Crippen molar-refractivity contribution in [3.8, 4) is 0 Å². The Hall–Kier alpha value is -0.100. The molecule has 0 aromatic heterocycles. The molecule has 0 aromatic carbocycles. The van der Waals surface area contributed by atoms with Crippen LogP contribution in [0.15, 0.2) is 0 Å². The van der Waals surface area contributed by atoms with E-state index in [1.165, 1.54) is 0 Å². The minimum Gasteiger partial charge on any atom is -0.766 e. The van der Waals surface area contributed by atoms with Crippen molar-refractivity contribution in [3.05, 3.63) is 0 Å². The van der Waals surface area contributed by atoms with E-state index in [4.69, 9.17) is 8.76 Å². The standard InChI is InChI=1S/C2H6.CHF3O2S/c1-2;2-1(3,4)7(5)6/h1-2H3;(H,5,6)/p-1. The van der Waals surface area contributed by atoms with Gasteiger partial charge in [0.2, 0.25) is 0 Å². The lowest BCUT2D eigenvalue weighted by Gasteiger charge is -2.06. The van der Waals surface area contributed by atoms with Crippen LogP contribution >= 0.6 is 0 Å². The predicted octanol–water partition coefficient (Wildman–Crippen LogP) is 1.41. The fourth-order valence-electron chi connectivity index (χ4n) is 0. The molecule has 0 heterocycles. The first-order valence-electron chi connectivity index (χ1n) is 2.10. The molecule has 0 rings (SSSR count). The van der Waals surface area contributed by atoms with Crippen molar-refractivity contribution in [2.75, 3.05) is 0 Å². The molecule has 2 nitrogen and oxygen atoms in total. The van der Waals surface area contributed by atoms with Crippen molar-refractivity contribution in [3.63, 3.8) is 0 Å². The average Bonchev–Trinajstić information content (AvgIpc) is 1.69. The van der Waals surface area contributed by atoms with Gasteiger partial charge in [-0.05, 0) is 0 Å². The lowest BCUT2D eigenvalue weighted by Crippen LogP contribution is -2.14. The Morgan fingerprint density at radius 3 is 1.44 bits per heavy atom. The molecule has 0 aliphatic carbocycles. The first-order chi connectivity index (χ1) is 3.94. The minimum absolute atomic E-state index is 2.00. The van der Waals surface area contributed by atoms with Crippen LogP contribution in [0, 0.1) is 0 Å². The molecule has 0 aliphatic heterocycles. The van der Waals surface area contributed by atoms with Crippen LogP contribution in [0.1, 0.15) is 13.8 Å². The maximum Gasteiger partial charge on any atom is 0.458 e. The van der Waals surface area contributed by atoms with Crippen molar-refractivity contribution in [2.24, 2.45) is 0 Å². The highest BCUT2D eigenvalue weighted by molar-refractivity contribution is 7.80. The van der Waals surface area contributed by atoms with Gasteiger partial charge in [-0.1, -0.05) is 13.8 Å². The molecule has 0 aliphatic rings. The number of alkyl halides is 3. The first kappa shape index (κ1) is 11.7. The summed E-state index contributed by atoms with van der Waals surface area (Å²) in [5.74, 6) is 0. The topological polar surface area (TPSA) is 40.1 Å². The van der Waals surface area contributed by atoms with Crippen LogP contribution in [0.4, 0.5) is 13.2 Å². The third-order valence-electron chi connectivity index (χ3n) is 0.189. The summed E-state index contributed by atoms with van der Waals surface area (Å²) in [4.78, 5) is 0. The zero-order valence-corrected chi connectivity index (χ0v) is 5.68. The molecule has 0 saturated heterocycles. The molecule has 0 saturated carbocycles. The van der Waals surface area contributed by atoms with E-state index in [2.05, 4.69) is 0 Å². The Morgan fingerprint density at radius 1 is 1.33 bits per heavy atom. The van der Waals surface area contributed by atoms with Gasteiger partial charge in [-0.2, -0.15) is 13.2 Å². The van der Waals surface area contributed by atoms with E-state index in [-0.39, 0.29) is 0 Å². The van der Waals surface area contributed by atoms with Crippen LogP contribution in [0.25, 0.3) is 0 Å². The Kier molecular flexibility index (Phi) is 6.16. The molecule has 0 bridgehead atoms. The fourth-order valence-corrected chi connectivity index (χ4v) is 0. The highest BCUT2D eigenvalue weighted by Crippen LogP contribution is 2.16. The molecule has 1 unspecified atom stereocenters. The van der Waals surface area contributed by atoms with Gasteiger partial charge in [0, 0.05) is 0 Å². The molecule has 0 aromatic rings. The van der Waals surface area contributed by atoms with E-state index in [9.17, 15) is 13.2 Å². The van der Waals surface area contributed by atoms with Crippen molar-refractivity contribution in [1.29, 1.82) is 0 Å². The molecule has 0 N–H and O–H groups in total. The number of rotatable bonds is 0. The largest absolute Gasteiger partial charge is 0.766 e. The molecule has 0 amide bonds. The SMILES string of the molecule is CC.O=S([O-])C(F)(F)F. The first-order valence-corrected chi connectivity index (χ1v) is 3.18. The molecule has 0 radical (unpaired) electrons. The third-order valence-corrected chi connectivity index (χ3v) is 0.567. The maximum atomic E-state index is 10.6. The van der Waals surface area contributed by atoms with Crippen molar-refractivity contribution in [1.82, 2.24) is 0 Å². The van der Waals surface area contributed by atoms with Crippen LogP contribution < -0.4 is 0 Å². The van der Waals surface area contributed by atoms with E-state index in [0.717, 1.165) is 0 Å². The lowest BCUT2D eigenvalue weighted by atomic mass is 11.0. The van der Waals surface area contributed by atoms with Crippen LogP contribution in [-0.2, 0) is 11.1 Å². The molecule has 0 spiro atoms. The third kappa shape index (κ3) is 7.90. The van der Waals surface area contributed by atoms with Gasteiger partial charge in [0.05, 0.1) is 11.1 Å². The highest BCUT2D eigenvalue weighted by atomic mass is 32.2. The summed E-state index contributed by atoms with van der Waals surface area (Å²) in [6, 6.07) is 0.